The second-order valence-corrected chi connectivity index (χ2v) is 8.69. The van der Waals surface area contributed by atoms with Crippen LogP contribution in [-0.4, -0.2) is 9.55 Å². The van der Waals surface area contributed by atoms with Crippen molar-refractivity contribution in [3.05, 3.63) is 88.2 Å². The molecule has 1 aliphatic heterocycles. The average Bonchev–Trinajstić information content (AvgIpc) is 3.30. The smallest absolute Gasteiger partial charge is 0.213 e. The Balaban J connectivity index is 1.72. The van der Waals surface area contributed by atoms with Gasteiger partial charge in [0, 0.05) is 22.7 Å². The predicted octanol–water partition coefficient (Wildman–Crippen LogP) is 5.81. The van der Waals surface area contributed by atoms with Crippen molar-refractivity contribution in [2.24, 2.45) is 7.05 Å². The Morgan fingerprint density at radius 1 is 0.968 bits per heavy atom. The maximum atomic E-state index is 8.42. The van der Waals surface area contributed by atoms with Gasteiger partial charge in [-0.15, -0.1) is 0 Å². The maximum Gasteiger partial charge on any atom is 0.213 e. The molecule has 2 aromatic heterocycles. The van der Waals surface area contributed by atoms with Crippen LogP contribution >= 0.6 is 0 Å². The Labute approximate surface area is 186 Å². The fourth-order valence-corrected chi connectivity index (χ4v) is 5.29. The van der Waals surface area contributed by atoms with Crippen molar-refractivity contribution in [1.29, 1.82) is 0 Å². The minimum atomic E-state index is -2.22. The first kappa shape index (κ1) is 15.4. The van der Waals surface area contributed by atoms with Crippen LogP contribution in [0.25, 0.3) is 38.9 Å². The summed E-state index contributed by atoms with van der Waals surface area (Å²) in [6.45, 7) is 4.00. The molecule has 0 unspecified atom stereocenters. The van der Waals surface area contributed by atoms with Gasteiger partial charge in [-0.05, 0) is 73.6 Å². The first-order valence-corrected chi connectivity index (χ1v) is 10.7. The van der Waals surface area contributed by atoms with Crippen molar-refractivity contribution in [2.45, 2.75) is 34.0 Å². The van der Waals surface area contributed by atoms with Gasteiger partial charge in [-0.25, -0.2) is 4.98 Å². The highest BCUT2D eigenvalue weighted by Crippen LogP contribution is 2.39. The van der Waals surface area contributed by atoms with Crippen LogP contribution in [0.2, 0.25) is 0 Å². The molecule has 0 bridgehead atoms. The number of hydrogen-bond donors (Lipinski definition) is 0. The Bertz CT molecular complexity index is 1660. The third-order valence-corrected chi connectivity index (χ3v) is 6.87. The molecule has 0 saturated heterocycles. The number of rotatable bonds is 1. The van der Waals surface area contributed by atoms with E-state index in [2.05, 4.69) is 66.4 Å². The van der Waals surface area contributed by atoms with Crippen LogP contribution in [-0.2, 0) is 13.5 Å². The highest BCUT2D eigenvalue weighted by atomic mass is 15.1. The van der Waals surface area contributed by atoms with Crippen molar-refractivity contribution in [3.8, 4) is 16.9 Å². The number of pyridine rings is 1. The van der Waals surface area contributed by atoms with Crippen LogP contribution in [0.5, 0.6) is 0 Å². The van der Waals surface area contributed by atoms with E-state index in [1.165, 1.54) is 16.5 Å². The van der Waals surface area contributed by atoms with Crippen molar-refractivity contribution < 1.29 is 8.68 Å². The van der Waals surface area contributed by atoms with Gasteiger partial charge in [0.1, 0.15) is 12.9 Å². The van der Waals surface area contributed by atoms with E-state index in [-0.39, 0.29) is 0 Å². The van der Waals surface area contributed by atoms with E-state index >= 15 is 0 Å². The quantitative estimate of drug-likeness (QED) is 0.315. The first-order chi connectivity index (χ1) is 16.2. The van der Waals surface area contributed by atoms with Crippen LogP contribution in [0, 0.1) is 27.6 Å². The van der Waals surface area contributed by atoms with Crippen LogP contribution < -0.4 is 4.57 Å². The lowest BCUT2D eigenvalue weighted by Gasteiger charge is -2.15. The Morgan fingerprint density at radius 3 is 2.65 bits per heavy atom. The molecule has 0 N–H and O–H groups in total. The van der Waals surface area contributed by atoms with Gasteiger partial charge in [-0.1, -0.05) is 24.3 Å². The van der Waals surface area contributed by atoms with Gasteiger partial charge in [-0.3, -0.25) is 4.57 Å². The van der Waals surface area contributed by atoms with E-state index < -0.39 is 6.85 Å². The number of imidazole rings is 1. The number of aryl methyl sites for hydroxylation is 3. The summed E-state index contributed by atoms with van der Waals surface area (Å²) in [6, 6.07) is 18.8. The van der Waals surface area contributed by atoms with E-state index in [1.54, 1.807) is 0 Å². The molecule has 3 aromatic carbocycles. The van der Waals surface area contributed by atoms with Crippen molar-refractivity contribution >= 4 is 21.9 Å². The third kappa shape index (κ3) is 2.40. The molecule has 1 aliphatic rings. The second-order valence-electron chi connectivity index (χ2n) is 8.69. The summed E-state index contributed by atoms with van der Waals surface area (Å²) in [5.41, 5.74) is 10.5. The molecule has 0 saturated carbocycles. The predicted molar refractivity (Wildman–Crippen MR) is 127 cm³/mol. The number of aromatic nitrogens is 3. The molecule has 152 valence electrons. The number of fused-ring (bicyclic) bond motifs is 6. The van der Waals surface area contributed by atoms with Gasteiger partial charge in [-0.2, -0.15) is 4.57 Å². The Hall–Kier alpha value is -3.46. The maximum absolute atomic E-state index is 8.42. The van der Waals surface area contributed by atoms with E-state index in [9.17, 15) is 0 Å². The largest absolute Gasteiger partial charge is 0.296 e. The summed E-state index contributed by atoms with van der Waals surface area (Å²) in [5.74, 6) is 0.896. The molecule has 0 amide bonds. The molecule has 0 spiro atoms. The van der Waals surface area contributed by atoms with Gasteiger partial charge in [0.2, 0.25) is 11.2 Å². The van der Waals surface area contributed by atoms with Gasteiger partial charge in [0.15, 0.2) is 0 Å². The summed E-state index contributed by atoms with van der Waals surface area (Å²) < 4.78 is 29.6. The molecule has 3 heterocycles. The Kier molecular flexibility index (Phi) is 3.11. The fourth-order valence-electron chi connectivity index (χ4n) is 5.29. The molecule has 0 radical (unpaired) electrons. The first-order valence-electron chi connectivity index (χ1n) is 12.2. The van der Waals surface area contributed by atoms with Gasteiger partial charge in [0.05, 0.1) is 27.7 Å². The van der Waals surface area contributed by atoms with E-state index in [1.807, 2.05) is 25.1 Å². The lowest BCUT2D eigenvalue weighted by molar-refractivity contribution is -0.633. The SMILES string of the molecule is [2H]C([2H])([2H])c1c(C)c(-c2cc(C)c3c(C)cccc3[n+]2C)cc2c1Cc1nc3ccccc3n1-2. The van der Waals surface area contributed by atoms with Crippen LogP contribution in [0.4, 0.5) is 0 Å². The Morgan fingerprint density at radius 2 is 1.81 bits per heavy atom. The molecular weight excluding hydrogens is 378 g/mol. The fraction of sp³-hybridized carbons (Fsp3) is 0.214. The van der Waals surface area contributed by atoms with Crippen molar-refractivity contribution in [2.75, 3.05) is 0 Å². The molecule has 0 atom stereocenters. The average molecular weight is 408 g/mol. The van der Waals surface area contributed by atoms with Crippen molar-refractivity contribution in [3.63, 3.8) is 0 Å². The molecule has 0 fully saturated rings. The number of para-hydroxylation sites is 2. The standard InChI is InChI=1S/C28H26N3/c1-16-9-8-12-24-28(16)17(2)13-25(30(24)5)20-14-26-21(19(4)18(20)3)15-27-29-22-10-6-7-11-23(22)31(26)27/h6-14H,15H2,1-5H3/q+1/i4D3. The second kappa shape index (κ2) is 6.27. The van der Waals surface area contributed by atoms with Gasteiger partial charge < -0.3 is 0 Å². The zero-order valence-electron chi connectivity index (χ0n) is 21.2. The van der Waals surface area contributed by atoms with E-state index in [0.29, 0.717) is 12.0 Å². The van der Waals surface area contributed by atoms with E-state index in [0.717, 1.165) is 50.4 Å². The summed E-state index contributed by atoms with van der Waals surface area (Å²) in [4.78, 5) is 4.82. The van der Waals surface area contributed by atoms with Crippen LogP contribution in [0.3, 0.4) is 0 Å². The minimum absolute atomic E-state index is 0.455. The number of hydrogen-bond acceptors (Lipinski definition) is 1. The number of benzene rings is 3. The molecule has 5 aromatic rings. The molecule has 6 rings (SSSR count). The molecule has 3 nitrogen and oxygen atoms in total. The number of nitrogens with zero attached hydrogens (tertiary/aromatic N) is 3. The monoisotopic (exact) mass is 407 g/mol. The molecule has 31 heavy (non-hydrogen) atoms. The lowest BCUT2D eigenvalue weighted by atomic mass is 9.92. The summed E-state index contributed by atoms with van der Waals surface area (Å²) >= 11 is 0. The highest BCUT2D eigenvalue weighted by Gasteiger charge is 2.28. The topological polar surface area (TPSA) is 21.7 Å². The van der Waals surface area contributed by atoms with Gasteiger partial charge >= 0.3 is 0 Å². The van der Waals surface area contributed by atoms with Crippen LogP contribution in [0.15, 0.2) is 54.6 Å². The molecule has 3 heteroatoms. The van der Waals surface area contributed by atoms with Crippen LogP contribution in [0.1, 0.15) is 37.8 Å². The zero-order valence-corrected chi connectivity index (χ0v) is 18.2. The summed E-state index contributed by atoms with van der Waals surface area (Å²) in [7, 11) is 2.07. The van der Waals surface area contributed by atoms with Crippen molar-refractivity contribution in [1.82, 2.24) is 9.55 Å². The third-order valence-electron chi connectivity index (χ3n) is 6.87. The zero-order chi connectivity index (χ0) is 23.9. The highest BCUT2D eigenvalue weighted by molar-refractivity contribution is 5.86. The summed E-state index contributed by atoms with van der Waals surface area (Å²) in [5, 5.41) is 1.24. The van der Waals surface area contributed by atoms with E-state index in [4.69, 9.17) is 9.10 Å². The molecular formula is C28H26N3+. The van der Waals surface area contributed by atoms with Gasteiger partial charge in [0.25, 0.3) is 0 Å². The normalized spacial score (nSPS) is 14.4. The minimum Gasteiger partial charge on any atom is -0.296 e. The summed E-state index contributed by atoms with van der Waals surface area (Å²) in [6.07, 6.45) is 0.529. The lowest BCUT2D eigenvalue weighted by Crippen LogP contribution is -2.33. The molecule has 0 aliphatic carbocycles.